The normalized spacial score (nSPS) is 20.2. The maximum Gasteiger partial charge on any atom is 0.158 e. The SMILES string of the molecule is CC1CCNc2ccc(CCN3CCN(c4n[nH]c5ccccc45)CC3)cc21. The molecule has 3 aromatic rings. The van der Waals surface area contributed by atoms with E-state index < -0.39 is 0 Å². The number of aromatic nitrogens is 2. The highest BCUT2D eigenvalue weighted by molar-refractivity contribution is 5.90. The minimum absolute atomic E-state index is 0.670. The van der Waals surface area contributed by atoms with Crippen LogP contribution >= 0.6 is 0 Å². The van der Waals surface area contributed by atoms with E-state index in [9.17, 15) is 0 Å². The second-order valence-electron chi connectivity index (χ2n) is 8.21. The molecule has 3 heterocycles. The second-order valence-corrected chi connectivity index (χ2v) is 8.21. The van der Waals surface area contributed by atoms with Crippen molar-refractivity contribution < 1.29 is 0 Å². The van der Waals surface area contributed by atoms with Gasteiger partial charge in [-0.15, -0.1) is 0 Å². The van der Waals surface area contributed by atoms with Crippen molar-refractivity contribution in [2.75, 3.05) is 49.5 Å². The monoisotopic (exact) mass is 375 g/mol. The number of fused-ring (bicyclic) bond motifs is 2. The highest BCUT2D eigenvalue weighted by Gasteiger charge is 2.21. The van der Waals surface area contributed by atoms with E-state index >= 15 is 0 Å². The Morgan fingerprint density at radius 1 is 1.07 bits per heavy atom. The second kappa shape index (κ2) is 7.47. The van der Waals surface area contributed by atoms with Crippen molar-refractivity contribution in [1.29, 1.82) is 0 Å². The molecule has 28 heavy (non-hydrogen) atoms. The third-order valence-electron chi connectivity index (χ3n) is 6.38. The van der Waals surface area contributed by atoms with E-state index in [1.54, 1.807) is 0 Å². The summed E-state index contributed by atoms with van der Waals surface area (Å²) in [7, 11) is 0. The molecule has 0 spiro atoms. The molecule has 0 aliphatic carbocycles. The largest absolute Gasteiger partial charge is 0.385 e. The van der Waals surface area contributed by atoms with E-state index in [1.165, 1.54) is 28.6 Å². The number of nitrogens with one attached hydrogen (secondary N) is 2. The predicted octanol–water partition coefficient (Wildman–Crippen LogP) is 3.85. The fourth-order valence-electron chi connectivity index (χ4n) is 4.58. The van der Waals surface area contributed by atoms with Gasteiger partial charge >= 0.3 is 0 Å². The van der Waals surface area contributed by atoms with Gasteiger partial charge in [0.25, 0.3) is 0 Å². The number of hydrogen-bond acceptors (Lipinski definition) is 4. The van der Waals surface area contributed by atoms with Crippen LogP contribution in [0.4, 0.5) is 11.5 Å². The van der Waals surface area contributed by atoms with Crippen molar-refractivity contribution in [2.45, 2.75) is 25.7 Å². The third-order valence-corrected chi connectivity index (χ3v) is 6.38. The molecule has 1 aromatic heterocycles. The van der Waals surface area contributed by atoms with E-state index in [4.69, 9.17) is 0 Å². The van der Waals surface area contributed by atoms with Crippen LogP contribution in [0.2, 0.25) is 0 Å². The van der Waals surface area contributed by atoms with Gasteiger partial charge in [0.15, 0.2) is 5.82 Å². The van der Waals surface area contributed by atoms with Gasteiger partial charge in [0.1, 0.15) is 0 Å². The lowest BCUT2D eigenvalue weighted by Crippen LogP contribution is -2.47. The van der Waals surface area contributed by atoms with Crippen molar-refractivity contribution in [3.63, 3.8) is 0 Å². The highest BCUT2D eigenvalue weighted by atomic mass is 15.3. The molecule has 1 unspecified atom stereocenters. The van der Waals surface area contributed by atoms with Crippen LogP contribution in [0.5, 0.6) is 0 Å². The first-order valence-corrected chi connectivity index (χ1v) is 10.5. The maximum atomic E-state index is 4.56. The van der Waals surface area contributed by atoms with E-state index in [-0.39, 0.29) is 0 Å². The smallest absolute Gasteiger partial charge is 0.158 e. The summed E-state index contributed by atoms with van der Waals surface area (Å²) in [4.78, 5) is 5.01. The maximum absolute atomic E-state index is 4.56. The molecule has 0 amide bonds. The molecule has 0 radical (unpaired) electrons. The molecule has 2 N–H and O–H groups in total. The molecule has 5 heteroatoms. The van der Waals surface area contributed by atoms with E-state index in [0.29, 0.717) is 5.92 Å². The summed E-state index contributed by atoms with van der Waals surface area (Å²) in [5.41, 5.74) is 5.42. The van der Waals surface area contributed by atoms with Crippen molar-refractivity contribution >= 4 is 22.4 Å². The van der Waals surface area contributed by atoms with Crippen LogP contribution in [0.25, 0.3) is 10.9 Å². The number of hydrogen-bond donors (Lipinski definition) is 2. The summed E-state index contributed by atoms with van der Waals surface area (Å²) in [6.07, 6.45) is 2.37. The zero-order chi connectivity index (χ0) is 18.9. The van der Waals surface area contributed by atoms with Crippen LogP contribution in [-0.4, -0.2) is 54.4 Å². The molecule has 5 rings (SSSR count). The summed E-state index contributed by atoms with van der Waals surface area (Å²) < 4.78 is 0. The lowest BCUT2D eigenvalue weighted by atomic mass is 9.91. The summed E-state index contributed by atoms with van der Waals surface area (Å²) in [5, 5.41) is 12.5. The summed E-state index contributed by atoms with van der Waals surface area (Å²) in [6.45, 7) is 8.87. The summed E-state index contributed by atoms with van der Waals surface area (Å²) in [6, 6.07) is 15.4. The molecule has 2 aromatic carbocycles. The first-order chi connectivity index (χ1) is 13.8. The number of aromatic amines is 1. The number of rotatable bonds is 4. The highest BCUT2D eigenvalue weighted by Crippen LogP contribution is 2.32. The Bertz CT molecular complexity index is 955. The molecule has 146 valence electrons. The fraction of sp³-hybridized carbons (Fsp3) is 0.435. The van der Waals surface area contributed by atoms with E-state index in [2.05, 4.69) is 74.7 Å². The van der Waals surface area contributed by atoms with Gasteiger partial charge in [-0.1, -0.05) is 31.2 Å². The van der Waals surface area contributed by atoms with E-state index in [1.807, 2.05) is 0 Å². The molecule has 1 atom stereocenters. The van der Waals surface area contributed by atoms with Crippen molar-refractivity contribution in [3.05, 3.63) is 53.6 Å². The first kappa shape index (κ1) is 17.6. The van der Waals surface area contributed by atoms with Gasteiger partial charge in [-0.3, -0.25) is 10.00 Å². The van der Waals surface area contributed by atoms with Gasteiger partial charge in [-0.05, 0) is 48.1 Å². The average molecular weight is 376 g/mol. The van der Waals surface area contributed by atoms with Gasteiger partial charge in [0.05, 0.1) is 5.52 Å². The number of nitrogens with zero attached hydrogens (tertiary/aromatic N) is 3. The topological polar surface area (TPSA) is 47.2 Å². The van der Waals surface area contributed by atoms with Gasteiger partial charge < -0.3 is 10.2 Å². The Kier molecular flexibility index (Phi) is 4.69. The molecular formula is C23H29N5. The van der Waals surface area contributed by atoms with Crippen LogP contribution in [0, 0.1) is 0 Å². The third kappa shape index (κ3) is 3.35. The molecule has 2 aliphatic rings. The number of H-pyrrole nitrogens is 1. The Hall–Kier alpha value is -2.53. The van der Waals surface area contributed by atoms with Gasteiger partial charge in [-0.25, -0.2) is 0 Å². The summed E-state index contributed by atoms with van der Waals surface area (Å²) >= 11 is 0. The molecule has 0 saturated carbocycles. The minimum Gasteiger partial charge on any atom is -0.385 e. The number of para-hydroxylation sites is 1. The standard InChI is InChI=1S/C23H29N5/c1-17-8-10-24-21-7-6-18(16-20(17)21)9-11-27-12-14-28(15-13-27)23-19-4-2-3-5-22(19)25-26-23/h2-7,16-17,24H,8-15H2,1H3,(H,25,26). The Labute approximate surface area is 166 Å². The van der Waals surface area contributed by atoms with Gasteiger partial charge in [-0.2, -0.15) is 5.10 Å². The minimum atomic E-state index is 0.670. The molecule has 0 bridgehead atoms. The molecule has 5 nitrogen and oxygen atoms in total. The average Bonchev–Trinajstić information content (AvgIpc) is 3.17. The summed E-state index contributed by atoms with van der Waals surface area (Å²) in [5.74, 6) is 1.77. The zero-order valence-electron chi connectivity index (χ0n) is 16.6. The first-order valence-electron chi connectivity index (χ1n) is 10.5. The van der Waals surface area contributed by atoms with Crippen molar-refractivity contribution in [1.82, 2.24) is 15.1 Å². The Morgan fingerprint density at radius 2 is 1.93 bits per heavy atom. The quantitative estimate of drug-likeness (QED) is 0.727. The lowest BCUT2D eigenvalue weighted by Gasteiger charge is -2.35. The molecular weight excluding hydrogens is 346 g/mol. The van der Waals surface area contributed by atoms with Gasteiger partial charge in [0, 0.05) is 50.3 Å². The fourth-order valence-corrected chi connectivity index (χ4v) is 4.58. The Morgan fingerprint density at radius 3 is 2.82 bits per heavy atom. The Balaban J connectivity index is 1.18. The number of anilines is 2. The molecule has 2 aliphatic heterocycles. The predicted molar refractivity (Wildman–Crippen MR) is 116 cm³/mol. The van der Waals surface area contributed by atoms with Crippen molar-refractivity contribution in [3.8, 4) is 0 Å². The molecule has 1 fully saturated rings. The van der Waals surface area contributed by atoms with Crippen LogP contribution < -0.4 is 10.2 Å². The number of benzene rings is 2. The molecule has 1 saturated heterocycles. The lowest BCUT2D eigenvalue weighted by molar-refractivity contribution is 0.260. The zero-order valence-corrected chi connectivity index (χ0v) is 16.6. The van der Waals surface area contributed by atoms with Gasteiger partial charge in [0.2, 0.25) is 0 Å². The van der Waals surface area contributed by atoms with Crippen LogP contribution in [-0.2, 0) is 6.42 Å². The van der Waals surface area contributed by atoms with Crippen LogP contribution in [0.3, 0.4) is 0 Å². The van der Waals surface area contributed by atoms with Crippen molar-refractivity contribution in [2.24, 2.45) is 0 Å². The number of piperazine rings is 1. The van der Waals surface area contributed by atoms with Crippen LogP contribution in [0.1, 0.15) is 30.4 Å². The van der Waals surface area contributed by atoms with E-state index in [0.717, 1.165) is 57.0 Å². The van der Waals surface area contributed by atoms with Crippen LogP contribution in [0.15, 0.2) is 42.5 Å².